The third-order valence-electron chi connectivity index (χ3n) is 5.37. The SMILES string of the molecule is COC(=O)c1c(NC(=O)C(F)(F)C(F)(F)C(F)(F)C(F)(F)C(F)(F)C(F)(F)C(F)(F)C(F)(F)Cl)sc(C(=O)N(C)C)c1C. The minimum absolute atomic E-state index is 0.177. The summed E-state index contributed by atoms with van der Waals surface area (Å²) in [5.74, 6) is -64.5. The highest BCUT2D eigenvalue weighted by molar-refractivity contribution is 7.18. The van der Waals surface area contributed by atoms with Gasteiger partial charge in [-0.15, -0.1) is 11.3 Å². The molecule has 0 aromatic carbocycles. The number of esters is 1. The summed E-state index contributed by atoms with van der Waals surface area (Å²) in [6.07, 6.45) is 0. The van der Waals surface area contributed by atoms with E-state index in [-0.39, 0.29) is 11.3 Å². The zero-order valence-electron chi connectivity index (χ0n) is 20.9. The minimum atomic E-state index is -8.76. The Morgan fingerprint density at radius 2 is 1.09 bits per heavy atom. The molecule has 0 unspecified atom stereocenters. The van der Waals surface area contributed by atoms with Crippen molar-refractivity contribution in [1.82, 2.24) is 4.90 Å². The first-order chi connectivity index (χ1) is 18.8. The van der Waals surface area contributed by atoms with Crippen LogP contribution in [-0.2, 0) is 9.53 Å². The van der Waals surface area contributed by atoms with Crippen LogP contribution in [0.1, 0.15) is 25.6 Å². The molecule has 248 valence electrons. The molecular formula is C19H13ClF16N2O4S. The molecule has 0 aliphatic heterocycles. The number of methoxy groups -OCH3 is 1. The molecule has 0 aliphatic rings. The number of hydrogen-bond acceptors (Lipinski definition) is 5. The first-order valence-corrected chi connectivity index (χ1v) is 11.4. The van der Waals surface area contributed by atoms with Gasteiger partial charge in [-0.1, -0.05) is 0 Å². The number of hydrogen-bond donors (Lipinski definition) is 1. The van der Waals surface area contributed by atoms with Crippen LogP contribution >= 0.6 is 22.9 Å². The van der Waals surface area contributed by atoms with Gasteiger partial charge in [0.05, 0.1) is 17.6 Å². The maximum atomic E-state index is 14.3. The lowest BCUT2D eigenvalue weighted by Gasteiger charge is -2.42. The molecule has 1 aromatic heterocycles. The van der Waals surface area contributed by atoms with Crippen molar-refractivity contribution in [2.24, 2.45) is 0 Å². The van der Waals surface area contributed by atoms with Crippen LogP contribution < -0.4 is 5.32 Å². The Bertz CT molecular complexity index is 1280. The van der Waals surface area contributed by atoms with Crippen LogP contribution in [-0.4, -0.2) is 90.7 Å². The monoisotopic (exact) mass is 704 g/mol. The van der Waals surface area contributed by atoms with Crippen molar-refractivity contribution in [3.8, 4) is 0 Å². The Hall–Kier alpha value is -2.72. The van der Waals surface area contributed by atoms with E-state index >= 15 is 0 Å². The van der Waals surface area contributed by atoms with Crippen LogP contribution in [0.3, 0.4) is 0 Å². The summed E-state index contributed by atoms with van der Waals surface area (Å²) in [5, 5.41) is -7.61. The molecule has 0 spiro atoms. The second-order valence-corrected chi connectivity index (χ2v) is 9.92. The van der Waals surface area contributed by atoms with Crippen molar-refractivity contribution in [1.29, 1.82) is 0 Å². The van der Waals surface area contributed by atoms with Gasteiger partial charge in [-0.05, 0) is 24.1 Å². The van der Waals surface area contributed by atoms with Crippen LogP contribution in [0, 0.1) is 6.92 Å². The van der Waals surface area contributed by atoms with Gasteiger partial charge in [-0.25, -0.2) is 4.79 Å². The number of halogens is 17. The summed E-state index contributed by atoms with van der Waals surface area (Å²) in [4.78, 5) is 36.3. The van der Waals surface area contributed by atoms with Gasteiger partial charge in [0, 0.05) is 14.1 Å². The molecule has 6 nitrogen and oxygen atoms in total. The smallest absolute Gasteiger partial charge is 0.393 e. The standard InChI is InChI=1S/C19H13ClF16N2O4S/c1-5-6(10(40)42-4)8(43-7(5)9(39)38(2)3)37-11(41)12(21,22)13(23,24)14(25,26)15(27,28)16(29,30)17(31,32)18(33,34)19(20,35)36/h1-4H3,(H,37,41). The molecule has 0 saturated carbocycles. The highest BCUT2D eigenvalue weighted by Gasteiger charge is 2.95. The maximum Gasteiger partial charge on any atom is 0.393 e. The van der Waals surface area contributed by atoms with Crippen molar-refractivity contribution in [2.45, 2.75) is 53.8 Å². The van der Waals surface area contributed by atoms with Gasteiger partial charge in [-0.3, -0.25) is 9.59 Å². The normalized spacial score (nSPS) is 14.4. The molecule has 1 N–H and O–H groups in total. The number of thiophene rings is 1. The third kappa shape index (κ3) is 5.43. The number of ether oxygens (including phenoxy) is 1. The van der Waals surface area contributed by atoms with Crippen molar-refractivity contribution in [3.63, 3.8) is 0 Å². The van der Waals surface area contributed by atoms with E-state index in [1.807, 2.05) is 0 Å². The molecule has 2 amide bonds. The molecule has 0 saturated heterocycles. The van der Waals surface area contributed by atoms with Crippen LogP contribution in [0.4, 0.5) is 75.2 Å². The number of carbonyl (C=O) groups excluding carboxylic acids is 3. The first kappa shape index (κ1) is 38.3. The number of rotatable bonds is 11. The van der Waals surface area contributed by atoms with E-state index in [1.54, 1.807) is 0 Å². The van der Waals surface area contributed by atoms with E-state index in [2.05, 4.69) is 16.3 Å². The molecule has 24 heteroatoms. The Balaban J connectivity index is 3.75. The molecule has 0 bridgehead atoms. The average Bonchev–Trinajstić information content (AvgIpc) is 3.16. The lowest BCUT2D eigenvalue weighted by molar-refractivity contribution is -0.445. The summed E-state index contributed by atoms with van der Waals surface area (Å²) < 4.78 is 223. The molecular weight excluding hydrogens is 692 g/mol. The zero-order valence-corrected chi connectivity index (χ0v) is 22.5. The molecule has 0 radical (unpaired) electrons. The van der Waals surface area contributed by atoms with Gasteiger partial charge >= 0.3 is 58.7 Å². The molecule has 0 aliphatic carbocycles. The van der Waals surface area contributed by atoms with E-state index in [0.29, 0.717) is 12.4 Å². The predicted octanol–water partition coefficient (Wildman–Crippen LogP) is 6.76. The molecule has 1 aromatic rings. The fourth-order valence-electron chi connectivity index (χ4n) is 2.84. The van der Waals surface area contributed by atoms with Gasteiger partial charge in [0.1, 0.15) is 5.00 Å². The number of nitrogens with zero attached hydrogens (tertiary/aromatic N) is 1. The van der Waals surface area contributed by atoms with Crippen LogP contribution in [0.5, 0.6) is 0 Å². The molecule has 43 heavy (non-hydrogen) atoms. The van der Waals surface area contributed by atoms with Crippen molar-refractivity contribution in [2.75, 3.05) is 26.5 Å². The number of nitrogens with one attached hydrogen (secondary N) is 1. The summed E-state index contributed by atoms with van der Waals surface area (Å²) >= 11 is 3.27. The number of alkyl halides is 17. The molecule has 1 heterocycles. The highest BCUT2D eigenvalue weighted by atomic mass is 35.5. The lowest BCUT2D eigenvalue weighted by Crippen LogP contribution is -2.75. The lowest BCUT2D eigenvalue weighted by atomic mass is 9.89. The van der Waals surface area contributed by atoms with Gasteiger partial charge in [0.15, 0.2) is 0 Å². The second kappa shape index (κ2) is 11.0. The molecule has 1 rings (SSSR count). The van der Waals surface area contributed by atoms with E-state index in [0.717, 1.165) is 25.9 Å². The summed E-state index contributed by atoms with van der Waals surface area (Å²) in [6.45, 7) is 0.888. The number of carbonyl (C=O) groups is 3. The fourth-order valence-corrected chi connectivity index (χ4v) is 4.17. The molecule has 0 fully saturated rings. The van der Waals surface area contributed by atoms with Crippen LogP contribution in [0.15, 0.2) is 0 Å². The first-order valence-electron chi connectivity index (χ1n) is 10.2. The van der Waals surface area contributed by atoms with Gasteiger partial charge in [0.2, 0.25) is 0 Å². The summed E-state index contributed by atoms with van der Waals surface area (Å²) in [7, 11) is 2.78. The van der Waals surface area contributed by atoms with E-state index in [9.17, 15) is 84.6 Å². The van der Waals surface area contributed by atoms with Gasteiger partial charge in [0.25, 0.3) is 5.91 Å². The topological polar surface area (TPSA) is 75.7 Å². The zero-order chi connectivity index (χ0) is 34.7. The summed E-state index contributed by atoms with van der Waals surface area (Å²) in [5.41, 5.74) is -1.59. The van der Waals surface area contributed by atoms with Crippen molar-refractivity contribution < 1.29 is 89.4 Å². The second-order valence-electron chi connectivity index (χ2n) is 8.42. The Morgan fingerprint density at radius 1 is 0.721 bits per heavy atom. The molecule has 0 atom stereocenters. The Morgan fingerprint density at radius 3 is 1.44 bits per heavy atom. The van der Waals surface area contributed by atoms with Crippen molar-refractivity contribution in [3.05, 3.63) is 16.0 Å². The fraction of sp³-hybridized carbons (Fsp3) is 0.632. The van der Waals surface area contributed by atoms with E-state index < -0.39 is 85.6 Å². The summed E-state index contributed by atoms with van der Waals surface area (Å²) in [6, 6.07) is 0. The van der Waals surface area contributed by atoms with E-state index in [4.69, 9.17) is 0 Å². The van der Waals surface area contributed by atoms with E-state index in [1.165, 1.54) is 0 Å². The third-order valence-corrected chi connectivity index (χ3v) is 6.80. The van der Waals surface area contributed by atoms with Gasteiger partial charge in [-0.2, -0.15) is 70.2 Å². The van der Waals surface area contributed by atoms with Gasteiger partial charge < -0.3 is 15.0 Å². The Kier molecular flexibility index (Phi) is 9.81. The van der Waals surface area contributed by atoms with Crippen LogP contribution in [0.25, 0.3) is 0 Å². The number of amides is 2. The van der Waals surface area contributed by atoms with Crippen molar-refractivity contribution >= 4 is 45.7 Å². The minimum Gasteiger partial charge on any atom is -0.465 e. The number of anilines is 1. The maximum absolute atomic E-state index is 14.3. The Labute approximate surface area is 236 Å². The highest BCUT2D eigenvalue weighted by Crippen LogP contribution is 2.64. The van der Waals surface area contributed by atoms with Crippen LogP contribution in [0.2, 0.25) is 0 Å². The predicted molar refractivity (Wildman–Crippen MR) is 112 cm³/mol. The largest absolute Gasteiger partial charge is 0.465 e. The average molecular weight is 705 g/mol. The quantitative estimate of drug-likeness (QED) is 0.157.